The Kier molecular flexibility index (Phi) is 5.96. The maximum atomic E-state index is 13.3. The molecule has 1 aliphatic rings. The van der Waals surface area contributed by atoms with Gasteiger partial charge in [0, 0.05) is 16.8 Å². The summed E-state index contributed by atoms with van der Waals surface area (Å²) < 4.78 is 0. The molecule has 0 saturated carbocycles. The van der Waals surface area contributed by atoms with Crippen molar-refractivity contribution in [2.45, 2.75) is 40.0 Å². The number of anilines is 1. The number of aliphatic imine (C=N–C) groups is 1. The summed E-state index contributed by atoms with van der Waals surface area (Å²) in [4.78, 5) is 19.3. The zero-order valence-electron chi connectivity index (χ0n) is 18.2. The van der Waals surface area contributed by atoms with Gasteiger partial charge in [0.05, 0.1) is 5.56 Å². The molecule has 31 heavy (non-hydrogen) atoms. The van der Waals surface area contributed by atoms with Gasteiger partial charge >= 0.3 is 0 Å². The fourth-order valence-corrected chi connectivity index (χ4v) is 5.31. The zero-order valence-corrected chi connectivity index (χ0v) is 19.0. The van der Waals surface area contributed by atoms with Crippen molar-refractivity contribution in [3.05, 3.63) is 76.2 Å². The number of rotatable bonds is 4. The van der Waals surface area contributed by atoms with Crippen molar-refractivity contribution in [1.82, 2.24) is 0 Å². The van der Waals surface area contributed by atoms with Gasteiger partial charge in [0.1, 0.15) is 10.8 Å². The van der Waals surface area contributed by atoms with Gasteiger partial charge in [-0.25, -0.2) is 4.99 Å². The Morgan fingerprint density at radius 2 is 1.84 bits per heavy atom. The number of aromatic hydroxyl groups is 1. The number of carbonyl (C=O) groups excluding carboxylic acids is 1. The topological polar surface area (TPSA) is 61.7 Å². The van der Waals surface area contributed by atoms with Crippen LogP contribution in [0.25, 0.3) is 0 Å². The second kappa shape index (κ2) is 8.67. The van der Waals surface area contributed by atoms with Gasteiger partial charge < -0.3 is 10.4 Å². The van der Waals surface area contributed by atoms with E-state index in [-0.39, 0.29) is 17.1 Å². The maximum Gasteiger partial charge on any atom is 0.259 e. The minimum atomic E-state index is -0.101. The largest absolute Gasteiger partial charge is 0.508 e. The molecule has 3 aromatic rings. The Morgan fingerprint density at radius 1 is 1.13 bits per heavy atom. The first-order valence-corrected chi connectivity index (χ1v) is 11.5. The molecule has 0 unspecified atom stereocenters. The van der Waals surface area contributed by atoms with Crippen LogP contribution in [-0.2, 0) is 12.8 Å². The van der Waals surface area contributed by atoms with Crippen molar-refractivity contribution in [3.8, 4) is 5.75 Å². The van der Waals surface area contributed by atoms with E-state index in [1.165, 1.54) is 4.88 Å². The molecule has 0 bridgehead atoms. The van der Waals surface area contributed by atoms with Crippen LogP contribution in [0.5, 0.6) is 5.75 Å². The monoisotopic (exact) mass is 432 g/mol. The predicted molar refractivity (Wildman–Crippen MR) is 129 cm³/mol. The molecule has 1 atom stereocenters. The fraction of sp³-hybridized carbons (Fsp3) is 0.308. The van der Waals surface area contributed by atoms with E-state index in [2.05, 4.69) is 26.1 Å². The average Bonchev–Trinajstić information content (AvgIpc) is 3.11. The number of hydrogen-bond acceptors (Lipinski definition) is 4. The van der Waals surface area contributed by atoms with Gasteiger partial charge in [-0.05, 0) is 78.1 Å². The smallest absolute Gasteiger partial charge is 0.259 e. The van der Waals surface area contributed by atoms with E-state index >= 15 is 0 Å². The van der Waals surface area contributed by atoms with Crippen molar-refractivity contribution in [1.29, 1.82) is 0 Å². The van der Waals surface area contributed by atoms with Gasteiger partial charge in [-0.1, -0.05) is 39.0 Å². The number of fused-ring (bicyclic) bond motifs is 1. The van der Waals surface area contributed by atoms with E-state index in [0.717, 1.165) is 41.1 Å². The van der Waals surface area contributed by atoms with Gasteiger partial charge in [0.25, 0.3) is 5.91 Å². The lowest BCUT2D eigenvalue weighted by Crippen LogP contribution is -2.27. The van der Waals surface area contributed by atoms with Crippen LogP contribution in [0.3, 0.4) is 0 Å². The second-order valence-corrected chi connectivity index (χ2v) is 10.2. The predicted octanol–water partition coefficient (Wildman–Crippen LogP) is 6.61. The summed E-state index contributed by atoms with van der Waals surface area (Å²) in [7, 11) is 0. The van der Waals surface area contributed by atoms with E-state index in [1.54, 1.807) is 29.7 Å². The molecule has 0 fully saturated rings. The normalized spacial score (nSPS) is 16.3. The quantitative estimate of drug-likeness (QED) is 0.456. The number of amides is 1. The number of phenols is 1. The first-order valence-electron chi connectivity index (χ1n) is 10.7. The van der Waals surface area contributed by atoms with Gasteiger partial charge in [-0.2, -0.15) is 0 Å². The number of hydrogen-bond donors (Lipinski definition) is 2. The molecule has 0 radical (unpaired) electrons. The standard InChI is InChI=1S/C26H28N2O2S/c1-26(2,3)18-11-14-21-22(15-18)31-25(27-16-17-9-12-20(29)13-10-17)23(21)24(30)28-19-7-5-4-6-8-19/h4-10,12-13,16,18,29H,11,14-15H2,1-3H3,(H,28,30)/t18-/m1/s1. The molecule has 0 saturated heterocycles. The number of carbonyl (C=O) groups is 1. The summed E-state index contributed by atoms with van der Waals surface area (Å²) in [6.07, 6.45) is 4.74. The highest BCUT2D eigenvalue weighted by molar-refractivity contribution is 7.16. The van der Waals surface area contributed by atoms with Crippen LogP contribution >= 0.6 is 11.3 Å². The summed E-state index contributed by atoms with van der Waals surface area (Å²) >= 11 is 1.63. The highest BCUT2D eigenvalue weighted by atomic mass is 32.1. The number of benzene rings is 2. The van der Waals surface area contributed by atoms with Crippen molar-refractivity contribution in [2.75, 3.05) is 5.32 Å². The molecule has 0 aliphatic heterocycles. The number of nitrogens with one attached hydrogen (secondary N) is 1. The number of phenolic OH excluding ortho intramolecular Hbond substituents is 1. The molecule has 160 valence electrons. The molecule has 1 amide bonds. The van der Waals surface area contributed by atoms with Crippen molar-refractivity contribution in [2.24, 2.45) is 16.3 Å². The first kappa shape index (κ1) is 21.3. The number of thiophene rings is 1. The van der Waals surface area contributed by atoms with E-state index < -0.39 is 0 Å². The molecule has 1 heterocycles. The Hall–Kier alpha value is -2.92. The van der Waals surface area contributed by atoms with Crippen LogP contribution in [0.1, 0.15) is 53.6 Å². The Bertz CT molecular complexity index is 1090. The lowest BCUT2D eigenvalue weighted by Gasteiger charge is -2.33. The molecular formula is C26H28N2O2S. The van der Waals surface area contributed by atoms with E-state index in [1.807, 2.05) is 42.5 Å². The fourth-order valence-electron chi connectivity index (χ4n) is 4.04. The highest BCUT2D eigenvalue weighted by Gasteiger charge is 2.33. The van der Waals surface area contributed by atoms with E-state index in [9.17, 15) is 9.90 Å². The zero-order chi connectivity index (χ0) is 22.0. The van der Waals surface area contributed by atoms with Gasteiger partial charge in [-0.15, -0.1) is 11.3 Å². The van der Waals surface area contributed by atoms with Crippen LogP contribution in [0.4, 0.5) is 10.7 Å². The lowest BCUT2D eigenvalue weighted by atomic mass is 9.72. The van der Waals surface area contributed by atoms with Gasteiger partial charge in [0.2, 0.25) is 0 Å². The highest BCUT2D eigenvalue weighted by Crippen LogP contribution is 2.45. The van der Waals surface area contributed by atoms with Crippen molar-refractivity contribution >= 4 is 34.1 Å². The molecule has 2 aromatic carbocycles. The number of para-hydroxylation sites is 1. The summed E-state index contributed by atoms with van der Waals surface area (Å²) in [6.45, 7) is 6.88. The Morgan fingerprint density at radius 3 is 2.52 bits per heavy atom. The third-order valence-electron chi connectivity index (χ3n) is 5.95. The number of nitrogens with zero attached hydrogens (tertiary/aromatic N) is 1. The van der Waals surface area contributed by atoms with Crippen LogP contribution in [-0.4, -0.2) is 17.2 Å². The van der Waals surface area contributed by atoms with Gasteiger partial charge in [-0.3, -0.25) is 4.79 Å². The molecule has 1 aliphatic carbocycles. The van der Waals surface area contributed by atoms with E-state index in [0.29, 0.717) is 11.5 Å². The van der Waals surface area contributed by atoms with Crippen LogP contribution in [0, 0.1) is 11.3 Å². The summed E-state index contributed by atoms with van der Waals surface area (Å²) in [5, 5.41) is 13.3. The van der Waals surface area contributed by atoms with Gasteiger partial charge in [0.15, 0.2) is 0 Å². The van der Waals surface area contributed by atoms with Crippen LogP contribution in [0.2, 0.25) is 0 Å². The minimum absolute atomic E-state index is 0.101. The third-order valence-corrected chi connectivity index (χ3v) is 7.12. The average molecular weight is 433 g/mol. The molecular weight excluding hydrogens is 404 g/mol. The lowest BCUT2D eigenvalue weighted by molar-refractivity contribution is 0.102. The minimum Gasteiger partial charge on any atom is -0.508 e. The molecule has 0 spiro atoms. The summed E-state index contributed by atoms with van der Waals surface area (Å²) in [6, 6.07) is 16.4. The second-order valence-electron chi connectivity index (χ2n) is 9.16. The SMILES string of the molecule is CC(C)(C)[C@@H]1CCc2c(sc(N=Cc3ccc(O)cc3)c2C(=O)Nc2ccccc2)C1. The van der Waals surface area contributed by atoms with Crippen LogP contribution in [0.15, 0.2) is 59.6 Å². The van der Waals surface area contributed by atoms with E-state index in [4.69, 9.17) is 4.99 Å². The van der Waals surface area contributed by atoms with Crippen molar-refractivity contribution < 1.29 is 9.90 Å². The van der Waals surface area contributed by atoms with Crippen molar-refractivity contribution in [3.63, 3.8) is 0 Å². The maximum absolute atomic E-state index is 13.3. The molecule has 4 rings (SSSR count). The Labute approximate surface area is 187 Å². The third kappa shape index (κ3) is 4.88. The molecule has 2 N–H and O–H groups in total. The summed E-state index contributed by atoms with van der Waals surface area (Å²) in [5.74, 6) is 0.716. The molecule has 1 aromatic heterocycles. The molecule has 4 nitrogen and oxygen atoms in total. The Balaban J connectivity index is 1.69. The first-order chi connectivity index (χ1) is 14.8. The van der Waals surface area contributed by atoms with Crippen LogP contribution < -0.4 is 5.32 Å². The summed E-state index contributed by atoms with van der Waals surface area (Å²) in [5.41, 5.74) is 3.75. The molecule has 5 heteroatoms.